The second-order valence-corrected chi connectivity index (χ2v) is 5.95. The van der Waals surface area contributed by atoms with Gasteiger partial charge in [0.1, 0.15) is 11.6 Å². The van der Waals surface area contributed by atoms with E-state index < -0.39 is 6.36 Å². The summed E-state index contributed by atoms with van der Waals surface area (Å²) < 4.78 is 42.4. The number of unbranched alkanes of at least 4 members (excludes halogenated alkanes) is 1. The van der Waals surface area contributed by atoms with Gasteiger partial charge in [-0.2, -0.15) is 5.10 Å². The van der Waals surface area contributed by atoms with Crippen molar-refractivity contribution in [3.63, 3.8) is 0 Å². The van der Waals surface area contributed by atoms with Crippen LogP contribution in [0.15, 0.2) is 30.5 Å². The maximum atomic E-state index is 12.3. The first-order valence-electron chi connectivity index (χ1n) is 8.08. The lowest BCUT2D eigenvalue weighted by molar-refractivity contribution is -0.274. The first-order valence-corrected chi connectivity index (χ1v) is 8.08. The summed E-state index contributed by atoms with van der Waals surface area (Å²) in [4.78, 5) is 12.1. The number of aromatic nitrogens is 2. The summed E-state index contributed by atoms with van der Waals surface area (Å²) in [7, 11) is 0. The molecule has 0 spiro atoms. The molecule has 1 aromatic carbocycles. The number of alkyl halides is 3. The van der Waals surface area contributed by atoms with Gasteiger partial charge in [-0.3, -0.25) is 4.79 Å². The molecule has 1 aliphatic rings. The minimum Gasteiger partial charge on any atom is -0.406 e. The van der Waals surface area contributed by atoms with Gasteiger partial charge in [-0.05, 0) is 24.1 Å². The number of carbonyl (C=O) groups is 1. The number of anilines is 1. The number of hydrogen-bond acceptors (Lipinski definition) is 3. The molecule has 1 N–H and O–H groups in total. The minimum absolute atomic E-state index is 0.133. The number of amides is 1. The monoisotopic (exact) mass is 353 g/mol. The van der Waals surface area contributed by atoms with Crippen LogP contribution in [0.2, 0.25) is 0 Å². The molecule has 3 rings (SSSR count). The lowest BCUT2D eigenvalue weighted by Crippen LogP contribution is -2.25. The Labute approximate surface area is 142 Å². The van der Waals surface area contributed by atoms with E-state index in [1.807, 2.05) is 0 Å². The van der Waals surface area contributed by atoms with Crippen molar-refractivity contribution in [3.8, 4) is 5.75 Å². The Balaban J connectivity index is 1.86. The van der Waals surface area contributed by atoms with Gasteiger partial charge in [-0.25, -0.2) is 4.68 Å². The number of benzene rings is 1. The van der Waals surface area contributed by atoms with E-state index in [2.05, 4.69) is 22.1 Å². The summed E-state index contributed by atoms with van der Waals surface area (Å²) in [6.07, 6.45) is -0.828. The van der Waals surface area contributed by atoms with Crippen molar-refractivity contribution < 1.29 is 22.7 Å². The van der Waals surface area contributed by atoms with Crippen LogP contribution in [0.3, 0.4) is 0 Å². The number of nitrogens with one attached hydrogen (secondary N) is 1. The van der Waals surface area contributed by atoms with Crippen molar-refractivity contribution in [2.24, 2.45) is 0 Å². The molecule has 0 bridgehead atoms. The first-order chi connectivity index (χ1) is 11.9. The number of halogens is 3. The predicted octanol–water partition coefficient (Wildman–Crippen LogP) is 4.06. The second-order valence-electron chi connectivity index (χ2n) is 5.95. The van der Waals surface area contributed by atoms with Crippen LogP contribution in [0.25, 0.3) is 0 Å². The van der Waals surface area contributed by atoms with Crippen LogP contribution in [0.1, 0.15) is 43.2 Å². The van der Waals surface area contributed by atoms with Crippen LogP contribution in [-0.4, -0.2) is 22.1 Å². The molecule has 1 amide bonds. The summed E-state index contributed by atoms with van der Waals surface area (Å²) in [5.41, 5.74) is 1.63. The van der Waals surface area contributed by atoms with Crippen LogP contribution in [0.4, 0.5) is 19.0 Å². The van der Waals surface area contributed by atoms with Crippen molar-refractivity contribution in [1.82, 2.24) is 9.78 Å². The third-order valence-electron chi connectivity index (χ3n) is 4.13. The molecule has 2 heterocycles. The molecule has 0 saturated carbocycles. The van der Waals surface area contributed by atoms with E-state index in [9.17, 15) is 18.0 Å². The average Bonchev–Trinajstić information content (AvgIpc) is 2.94. The Morgan fingerprint density at radius 2 is 2.04 bits per heavy atom. The van der Waals surface area contributed by atoms with Gasteiger partial charge in [0, 0.05) is 24.4 Å². The first kappa shape index (κ1) is 17.3. The zero-order valence-electron chi connectivity index (χ0n) is 13.6. The molecule has 1 atom stereocenters. The third-order valence-corrected chi connectivity index (χ3v) is 4.13. The van der Waals surface area contributed by atoms with Crippen LogP contribution in [-0.2, 0) is 11.3 Å². The molecule has 25 heavy (non-hydrogen) atoms. The largest absolute Gasteiger partial charge is 0.573 e. The van der Waals surface area contributed by atoms with Gasteiger partial charge in [-0.1, -0.05) is 25.5 Å². The van der Waals surface area contributed by atoms with Gasteiger partial charge in [0.05, 0.1) is 6.20 Å². The Morgan fingerprint density at radius 1 is 1.32 bits per heavy atom. The number of ether oxygens (including phenoxy) is 1. The number of rotatable bonds is 5. The Bertz CT molecular complexity index is 753. The average molecular weight is 353 g/mol. The number of carbonyl (C=O) groups excluding carboxylic acids is 1. The maximum absolute atomic E-state index is 12.3. The summed E-state index contributed by atoms with van der Waals surface area (Å²) in [5.74, 6) is 0.0196. The summed E-state index contributed by atoms with van der Waals surface area (Å²) in [6, 6.07) is 5.63. The van der Waals surface area contributed by atoms with Gasteiger partial charge in [-0.15, -0.1) is 13.2 Å². The molecule has 0 saturated heterocycles. The van der Waals surface area contributed by atoms with Gasteiger partial charge in [0.2, 0.25) is 5.91 Å². The molecule has 2 aromatic rings. The van der Waals surface area contributed by atoms with Crippen molar-refractivity contribution >= 4 is 11.7 Å². The summed E-state index contributed by atoms with van der Waals surface area (Å²) in [5, 5.41) is 7.19. The highest BCUT2D eigenvalue weighted by Gasteiger charge is 2.32. The molecule has 0 fully saturated rings. The zero-order chi connectivity index (χ0) is 18.0. The fourth-order valence-electron chi connectivity index (χ4n) is 2.95. The Kier molecular flexibility index (Phi) is 4.69. The van der Waals surface area contributed by atoms with Gasteiger partial charge in [0.15, 0.2) is 0 Å². The normalized spacial score (nSPS) is 17.1. The fourth-order valence-corrected chi connectivity index (χ4v) is 2.95. The maximum Gasteiger partial charge on any atom is 0.573 e. The molecular formula is C17H18F3N3O2. The van der Waals surface area contributed by atoms with E-state index in [0.717, 1.165) is 24.0 Å². The molecule has 0 radical (unpaired) electrons. The Hall–Kier alpha value is -2.51. The van der Waals surface area contributed by atoms with Crippen molar-refractivity contribution in [3.05, 3.63) is 41.6 Å². The van der Waals surface area contributed by atoms with Crippen LogP contribution < -0.4 is 10.1 Å². The van der Waals surface area contributed by atoms with Crippen LogP contribution in [0.5, 0.6) is 5.75 Å². The number of aryl methyl sites for hydroxylation is 1. The minimum atomic E-state index is -4.72. The number of hydrogen-bond donors (Lipinski definition) is 1. The molecule has 5 nitrogen and oxygen atoms in total. The summed E-state index contributed by atoms with van der Waals surface area (Å²) in [6.45, 7) is 2.78. The highest BCUT2D eigenvalue weighted by atomic mass is 19.4. The molecule has 1 unspecified atom stereocenters. The van der Waals surface area contributed by atoms with Gasteiger partial charge >= 0.3 is 6.36 Å². The number of nitrogens with zero attached hydrogens (tertiary/aromatic N) is 2. The predicted molar refractivity (Wildman–Crippen MR) is 85.3 cm³/mol. The Morgan fingerprint density at radius 3 is 2.68 bits per heavy atom. The highest BCUT2D eigenvalue weighted by molar-refractivity contribution is 5.94. The van der Waals surface area contributed by atoms with Crippen molar-refractivity contribution in [1.29, 1.82) is 0 Å². The van der Waals surface area contributed by atoms with Gasteiger partial charge in [0.25, 0.3) is 0 Å². The quantitative estimate of drug-likeness (QED) is 0.882. The second kappa shape index (κ2) is 6.78. The van der Waals surface area contributed by atoms with Crippen molar-refractivity contribution in [2.75, 3.05) is 5.32 Å². The highest BCUT2D eigenvalue weighted by Crippen LogP contribution is 2.37. The van der Waals surface area contributed by atoms with Crippen LogP contribution in [0, 0.1) is 0 Å². The lowest BCUT2D eigenvalue weighted by Gasteiger charge is -2.24. The van der Waals surface area contributed by atoms with E-state index in [0.29, 0.717) is 12.4 Å². The molecule has 134 valence electrons. The van der Waals surface area contributed by atoms with E-state index >= 15 is 0 Å². The van der Waals surface area contributed by atoms with Crippen molar-refractivity contribution in [2.45, 2.75) is 45.0 Å². The fraction of sp³-hybridized carbons (Fsp3) is 0.412. The van der Waals surface area contributed by atoms with E-state index in [-0.39, 0.29) is 24.0 Å². The zero-order valence-corrected chi connectivity index (χ0v) is 13.6. The van der Waals surface area contributed by atoms with E-state index in [1.54, 1.807) is 23.0 Å². The van der Waals surface area contributed by atoms with E-state index in [1.165, 1.54) is 12.1 Å². The molecule has 8 heteroatoms. The molecule has 1 aliphatic heterocycles. The van der Waals surface area contributed by atoms with Gasteiger partial charge < -0.3 is 10.1 Å². The SMILES string of the molecule is CCCCn1ncc2c1NC(=O)CC2c1ccc(OC(F)(F)F)cc1. The smallest absolute Gasteiger partial charge is 0.406 e. The number of fused-ring (bicyclic) bond motifs is 1. The van der Waals surface area contributed by atoms with Crippen LogP contribution >= 0.6 is 0 Å². The topological polar surface area (TPSA) is 56.2 Å². The standard InChI is InChI=1S/C17H18F3N3O2/c1-2-3-8-23-16-14(10-21-23)13(9-15(24)22-16)11-4-6-12(7-5-11)25-17(18,19)20/h4-7,10,13H,2-3,8-9H2,1H3,(H,22,24). The summed E-state index contributed by atoms with van der Waals surface area (Å²) >= 11 is 0. The third kappa shape index (κ3) is 3.94. The van der Waals surface area contributed by atoms with E-state index in [4.69, 9.17) is 0 Å². The molecule has 1 aromatic heterocycles. The molecule has 0 aliphatic carbocycles. The lowest BCUT2D eigenvalue weighted by atomic mass is 9.87. The molecular weight excluding hydrogens is 335 g/mol.